The average molecular weight is 271 g/mol. The molecular weight excluding hydrogens is 254 g/mol. The zero-order valence-corrected chi connectivity index (χ0v) is 11.7. The molecule has 0 saturated carbocycles. The molecule has 0 spiro atoms. The summed E-state index contributed by atoms with van der Waals surface area (Å²) in [7, 11) is 0.0870. The Morgan fingerprint density at radius 3 is 2.11 bits per heavy atom. The second-order valence-corrected chi connectivity index (χ2v) is 6.25. The summed E-state index contributed by atoms with van der Waals surface area (Å²) in [4.78, 5) is 13.2. The zero-order chi connectivity index (χ0) is 13.9. The molecule has 0 N–H and O–H groups in total. The maximum Gasteiger partial charge on any atom is 0.262 e. The molecule has 6 heteroatoms. The van der Waals surface area contributed by atoms with Crippen LogP contribution in [0.1, 0.15) is 6.92 Å². The van der Waals surface area contributed by atoms with E-state index in [0.717, 1.165) is 6.26 Å². The summed E-state index contributed by atoms with van der Waals surface area (Å²) < 4.78 is 27.9. The van der Waals surface area contributed by atoms with Crippen LogP contribution in [0, 0.1) is 0 Å². The van der Waals surface area contributed by atoms with Crippen LogP contribution in [-0.4, -0.2) is 45.7 Å². The molecule has 1 aromatic carbocycles. The third kappa shape index (κ3) is 3.73. The Hall–Kier alpha value is -1.56. The lowest BCUT2D eigenvalue weighted by molar-refractivity contribution is -0.135. The molecule has 0 fully saturated rings. The van der Waals surface area contributed by atoms with E-state index in [9.17, 15) is 13.2 Å². The molecule has 0 aromatic heterocycles. The highest BCUT2D eigenvalue weighted by Crippen LogP contribution is 2.17. The number of carbonyl (C=O) groups is 1. The third-order valence-electron chi connectivity index (χ3n) is 2.35. The number of sulfone groups is 1. The molecule has 1 amide bonds. The molecule has 0 heterocycles. The standard InChI is InChI=1S/C12H17NO4S/c1-9(12(14)13(2)3)17-10-5-7-11(8-6-10)18(4,15)16/h5-9H,1-4H3. The molecule has 0 aliphatic rings. The second-order valence-electron chi connectivity index (χ2n) is 4.24. The van der Waals surface area contributed by atoms with Gasteiger partial charge >= 0.3 is 0 Å². The van der Waals surface area contributed by atoms with Crippen molar-refractivity contribution in [2.45, 2.75) is 17.9 Å². The first kappa shape index (κ1) is 14.5. The first-order valence-corrected chi connectivity index (χ1v) is 7.29. The van der Waals surface area contributed by atoms with E-state index in [4.69, 9.17) is 4.74 Å². The highest BCUT2D eigenvalue weighted by Gasteiger charge is 2.16. The third-order valence-corrected chi connectivity index (χ3v) is 3.48. The molecule has 18 heavy (non-hydrogen) atoms. The minimum atomic E-state index is -3.21. The molecule has 0 aliphatic heterocycles. The van der Waals surface area contributed by atoms with Gasteiger partial charge in [-0.25, -0.2) is 8.42 Å². The summed E-state index contributed by atoms with van der Waals surface area (Å²) >= 11 is 0. The number of amides is 1. The molecule has 0 aliphatic carbocycles. The fourth-order valence-electron chi connectivity index (χ4n) is 1.38. The predicted octanol–water partition coefficient (Wildman–Crippen LogP) is 0.946. The minimum Gasteiger partial charge on any atom is -0.481 e. The number of benzene rings is 1. The lowest BCUT2D eigenvalue weighted by Gasteiger charge is -2.18. The second kappa shape index (κ2) is 5.39. The van der Waals surface area contributed by atoms with E-state index in [1.165, 1.54) is 29.2 Å². The van der Waals surface area contributed by atoms with Gasteiger partial charge in [-0.3, -0.25) is 4.79 Å². The lowest BCUT2D eigenvalue weighted by Crippen LogP contribution is -2.35. The summed E-state index contributed by atoms with van der Waals surface area (Å²) in [5.41, 5.74) is 0. The van der Waals surface area contributed by atoms with Gasteiger partial charge < -0.3 is 9.64 Å². The Balaban J connectivity index is 2.79. The molecule has 0 radical (unpaired) electrons. The first-order valence-electron chi connectivity index (χ1n) is 5.40. The fraction of sp³-hybridized carbons (Fsp3) is 0.417. The molecule has 1 rings (SSSR count). The van der Waals surface area contributed by atoms with Crippen molar-refractivity contribution in [1.29, 1.82) is 0 Å². The lowest BCUT2D eigenvalue weighted by atomic mass is 10.3. The Labute approximate surface area is 107 Å². The van der Waals surface area contributed by atoms with E-state index in [1.807, 2.05) is 0 Å². The van der Waals surface area contributed by atoms with E-state index in [-0.39, 0.29) is 10.8 Å². The normalized spacial score (nSPS) is 12.9. The van der Waals surface area contributed by atoms with Crippen LogP contribution in [-0.2, 0) is 14.6 Å². The van der Waals surface area contributed by atoms with Gasteiger partial charge in [-0.15, -0.1) is 0 Å². The highest BCUT2D eigenvalue weighted by atomic mass is 32.2. The van der Waals surface area contributed by atoms with Gasteiger partial charge in [0.1, 0.15) is 5.75 Å². The summed E-state index contributed by atoms with van der Waals surface area (Å²) in [5, 5.41) is 0. The van der Waals surface area contributed by atoms with Crippen LogP contribution < -0.4 is 4.74 Å². The van der Waals surface area contributed by atoms with E-state index in [1.54, 1.807) is 21.0 Å². The quantitative estimate of drug-likeness (QED) is 0.817. The number of ether oxygens (including phenoxy) is 1. The maximum atomic E-state index is 11.6. The molecule has 5 nitrogen and oxygen atoms in total. The largest absolute Gasteiger partial charge is 0.481 e. The van der Waals surface area contributed by atoms with Crippen LogP contribution >= 0.6 is 0 Å². The average Bonchev–Trinajstić information content (AvgIpc) is 2.27. The first-order chi connectivity index (χ1) is 8.21. The Morgan fingerprint density at radius 2 is 1.72 bits per heavy atom. The minimum absolute atomic E-state index is 0.151. The van der Waals surface area contributed by atoms with Gasteiger partial charge in [0.25, 0.3) is 5.91 Å². The number of carbonyl (C=O) groups excluding carboxylic acids is 1. The van der Waals surface area contributed by atoms with Gasteiger partial charge in [-0.1, -0.05) is 0 Å². The topological polar surface area (TPSA) is 63.7 Å². The van der Waals surface area contributed by atoms with E-state index >= 15 is 0 Å². The van der Waals surface area contributed by atoms with Gasteiger partial charge in [-0.2, -0.15) is 0 Å². The number of nitrogens with zero attached hydrogens (tertiary/aromatic N) is 1. The highest BCUT2D eigenvalue weighted by molar-refractivity contribution is 7.90. The molecule has 1 aromatic rings. The maximum absolute atomic E-state index is 11.6. The number of hydrogen-bond acceptors (Lipinski definition) is 4. The van der Waals surface area contributed by atoms with Gasteiger partial charge in [0.2, 0.25) is 0 Å². The molecule has 0 bridgehead atoms. The van der Waals surface area contributed by atoms with Gasteiger partial charge in [0, 0.05) is 20.4 Å². The molecular formula is C12H17NO4S. The molecule has 1 atom stereocenters. The predicted molar refractivity (Wildman–Crippen MR) is 68.3 cm³/mol. The van der Waals surface area contributed by atoms with Gasteiger partial charge in [0.05, 0.1) is 4.90 Å². The van der Waals surface area contributed by atoms with Crippen molar-refractivity contribution in [2.75, 3.05) is 20.4 Å². The van der Waals surface area contributed by atoms with Crippen LogP contribution in [0.3, 0.4) is 0 Å². The van der Waals surface area contributed by atoms with Crippen LogP contribution in [0.2, 0.25) is 0 Å². The monoisotopic (exact) mass is 271 g/mol. The van der Waals surface area contributed by atoms with Crippen molar-refractivity contribution < 1.29 is 17.9 Å². The van der Waals surface area contributed by atoms with Crippen LogP contribution in [0.15, 0.2) is 29.2 Å². The van der Waals surface area contributed by atoms with E-state index in [2.05, 4.69) is 0 Å². The fourth-order valence-corrected chi connectivity index (χ4v) is 2.01. The van der Waals surface area contributed by atoms with Gasteiger partial charge in [0.15, 0.2) is 15.9 Å². The molecule has 0 saturated heterocycles. The van der Waals surface area contributed by atoms with Crippen molar-refractivity contribution in [3.8, 4) is 5.75 Å². The van der Waals surface area contributed by atoms with Crippen LogP contribution in [0.5, 0.6) is 5.75 Å². The molecule has 100 valence electrons. The SMILES string of the molecule is CC(Oc1ccc(S(C)(=O)=O)cc1)C(=O)N(C)C. The van der Waals surface area contributed by atoms with Crippen molar-refractivity contribution in [2.24, 2.45) is 0 Å². The van der Waals surface area contributed by atoms with Crippen molar-refractivity contribution >= 4 is 15.7 Å². The van der Waals surface area contributed by atoms with Crippen molar-refractivity contribution in [1.82, 2.24) is 4.90 Å². The van der Waals surface area contributed by atoms with Crippen molar-refractivity contribution in [3.05, 3.63) is 24.3 Å². The van der Waals surface area contributed by atoms with Crippen LogP contribution in [0.25, 0.3) is 0 Å². The smallest absolute Gasteiger partial charge is 0.262 e. The number of likely N-dealkylation sites (N-methyl/N-ethyl adjacent to an activating group) is 1. The van der Waals surface area contributed by atoms with E-state index < -0.39 is 15.9 Å². The van der Waals surface area contributed by atoms with Crippen molar-refractivity contribution in [3.63, 3.8) is 0 Å². The number of rotatable bonds is 4. The Kier molecular flexibility index (Phi) is 4.34. The Morgan fingerprint density at radius 1 is 1.22 bits per heavy atom. The zero-order valence-electron chi connectivity index (χ0n) is 10.9. The van der Waals surface area contributed by atoms with Crippen LogP contribution in [0.4, 0.5) is 0 Å². The van der Waals surface area contributed by atoms with Gasteiger partial charge in [-0.05, 0) is 31.2 Å². The summed E-state index contributed by atoms with van der Waals surface area (Å²) in [5.74, 6) is 0.312. The Bertz CT molecular complexity index is 520. The summed E-state index contributed by atoms with van der Waals surface area (Å²) in [6, 6.07) is 5.99. The molecule has 1 unspecified atom stereocenters. The van der Waals surface area contributed by atoms with E-state index in [0.29, 0.717) is 5.75 Å². The summed E-state index contributed by atoms with van der Waals surface area (Å²) in [6.07, 6.45) is 0.533. The number of hydrogen-bond donors (Lipinski definition) is 0. The summed E-state index contributed by atoms with van der Waals surface area (Å²) in [6.45, 7) is 1.65.